The van der Waals surface area contributed by atoms with Gasteiger partial charge < -0.3 is 4.74 Å². The Morgan fingerprint density at radius 1 is 1.08 bits per heavy atom. The molecule has 6 nitrogen and oxygen atoms in total. The summed E-state index contributed by atoms with van der Waals surface area (Å²) in [6.45, 7) is 0. The second-order valence-corrected chi connectivity index (χ2v) is 8.03. The number of hydrogen-bond donors (Lipinski definition) is 1. The summed E-state index contributed by atoms with van der Waals surface area (Å²) in [4.78, 5) is 6.95. The van der Waals surface area contributed by atoms with Crippen molar-refractivity contribution in [1.82, 2.24) is 14.7 Å². The Bertz CT molecular complexity index is 853. The van der Waals surface area contributed by atoms with Gasteiger partial charge in [-0.3, -0.25) is 0 Å². The summed E-state index contributed by atoms with van der Waals surface area (Å²) >= 11 is 5.71. The molecule has 140 valence electrons. The Balaban J connectivity index is 1.59. The molecule has 10 heteroatoms. The topological polar surface area (TPSA) is 81.2 Å². The Morgan fingerprint density at radius 3 is 2.23 bits per heavy atom. The average molecular weight is 404 g/mol. The molecule has 1 saturated carbocycles. The molecule has 1 N–H and O–H groups in total. The third kappa shape index (κ3) is 4.46. The van der Waals surface area contributed by atoms with Crippen molar-refractivity contribution < 1.29 is 21.9 Å². The highest BCUT2D eigenvalue weighted by atomic mass is 35.5. The van der Waals surface area contributed by atoms with E-state index in [1.165, 1.54) is 12.4 Å². The number of nitrogens with one attached hydrogen (secondary N) is 1. The minimum absolute atomic E-state index is 0.165. The van der Waals surface area contributed by atoms with Gasteiger partial charge in [0.05, 0.1) is 17.4 Å². The van der Waals surface area contributed by atoms with Gasteiger partial charge in [-0.25, -0.2) is 31.9 Å². The SMILES string of the molecule is O=S(=O)(NC1CCC(Oc2ncc(Cl)cn2)CC1)c1c(F)cccc1F. The van der Waals surface area contributed by atoms with Crippen LogP contribution in [-0.4, -0.2) is 30.5 Å². The van der Waals surface area contributed by atoms with Crippen molar-refractivity contribution in [3.8, 4) is 6.01 Å². The smallest absolute Gasteiger partial charge is 0.316 e. The van der Waals surface area contributed by atoms with E-state index in [1.54, 1.807) is 0 Å². The van der Waals surface area contributed by atoms with Crippen molar-refractivity contribution in [3.63, 3.8) is 0 Å². The lowest BCUT2D eigenvalue weighted by molar-refractivity contribution is 0.132. The first-order valence-electron chi connectivity index (χ1n) is 7.96. The lowest BCUT2D eigenvalue weighted by atomic mass is 9.94. The van der Waals surface area contributed by atoms with Crippen LogP contribution < -0.4 is 9.46 Å². The summed E-state index contributed by atoms with van der Waals surface area (Å²) in [6.07, 6.45) is 4.72. The predicted octanol–water partition coefficient (Wildman–Crippen LogP) is 3.08. The standard InChI is InChI=1S/C16H16ClF2N3O3S/c17-10-8-20-16(21-9-10)25-12-6-4-11(5-7-12)22-26(23,24)15-13(18)2-1-3-14(15)19/h1-3,8-9,11-12,22H,4-7H2. The molecule has 1 aliphatic rings. The third-order valence-electron chi connectivity index (χ3n) is 4.05. The molecule has 0 saturated heterocycles. The highest BCUT2D eigenvalue weighted by Gasteiger charge is 2.30. The van der Waals surface area contributed by atoms with Crippen LogP contribution >= 0.6 is 11.6 Å². The van der Waals surface area contributed by atoms with Crippen LogP contribution in [0.25, 0.3) is 0 Å². The maximum absolute atomic E-state index is 13.7. The summed E-state index contributed by atoms with van der Waals surface area (Å²) < 4.78 is 60.1. The first-order chi connectivity index (χ1) is 12.3. The van der Waals surface area contributed by atoms with Crippen molar-refractivity contribution in [1.29, 1.82) is 0 Å². The summed E-state index contributed by atoms with van der Waals surface area (Å²) in [7, 11) is -4.28. The van der Waals surface area contributed by atoms with Crippen LogP contribution in [0.5, 0.6) is 6.01 Å². The van der Waals surface area contributed by atoms with Gasteiger partial charge in [-0.15, -0.1) is 0 Å². The van der Waals surface area contributed by atoms with Gasteiger partial charge in [-0.05, 0) is 37.8 Å². The molecule has 1 aromatic heterocycles. The Labute approximate surface area is 154 Å². The number of aromatic nitrogens is 2. The average Bonchev–Trinajstić information content (AvgIpc) is 2.58. The molecule has 1 aliphatic carbocycles. The molecule has 0 bridgehead atoms. The molecule has 0 unspecified atom stereocenters. The fourth-order valence-corrected chi connectivity index (χ4v) is 4.37. The minimum atomic E-state index is -4.28. The fraction of sp³-hybridized carbons (Fsp3) is 0.375. The quantitative estimate of drug-likeness (QED) is 0.829. The lowest BCUT2D eigenvalue weighted by Gasteiger charge is -2.28. The van der Waals surface area contributed by atoms with Gasteiger partial charge in [0, 0.05) is 6.04 Å². The van der Waals surface area contributed by atoms with E-state index < -0.39 is 32.6 Å². The molecular weight excluding hydrogens is 388 g/mol. The van der Waals surface area contributed by atoms with E-state index in [9.17, 15) is 17.2 Å². The van der Waals surface area contributed by atoms with Crippen LogP contribution in [0.2, 0.25) is 5.02 Å². The molecule has 0 aliphatic heterocycles. The van der Waals surface area contributed by atoms with Gasteiger partial charge in [-0.1, -0.05) is 17.7 Å². The number of sulfonamides is 1. The van der Waals surface area contributed by atoms with E-state index in [-0.39, 0.29) is 12.1 Å². The zero-order valence-corrected chi connectivity index (χ0v) is 15.1. The van der Waals surface area contributed by atoms with Crippen LogP contribution in [0.15, 0.2) is 35.5 Å². The summed E-state index contributed by atoms with van der Waals surface area (Å²) in [5.74, 6) is -2.23. The number of benzene rings is 1. The molecule has 1 fully saturated rings. The normalized spacial score (nSPS) is 20.7. The number of nitrogens with zero attached hydrogens (tertiary/aromatic N) is 2. The molecule has 0 atom stereocenters. The Hall–Kier alpha value is -1.84. The van der Waals surface area contributed by atoms with Crippen molar-refractivity contribution in [2.75, 3.05) is 0 Å². The highest BCUT2D eigenvalue weighted by molar-refractivity contribution is 7.89. The molecule has 1 aromatic carbocycles. The third-order valence-corrected chi connectivity index (χ3v) is 5.82. The van der Waals surface area contributed by atoms with Crippen LogP contribution in [0, 0.1) is 11.6 Å². The van der Waals surface area contributed by atoms with E-state index in [0.717, 1.165) is 18.2 Å². The molecule has 2 aromatic rings. The van der Waals surface area contributed by atoms with Gasteiger partial charge >= 0.3 is 6.01 Å². The van der Waals surface area contributed by atoms with E-state index in [0.29, 0.717) is 30.7 Å². The van der Waals surface area contributed by atoms with Crippen molar-refractivity contribution in [3.05, 3.63) is 47.2 Å². The summed E-state index contributed by atoms with van der Waals surface area (Å²) in [5.41, 5.74) is 0. The molecule has 26 heavy (non-hydrogen) atoms. The van der Waals surface area contributed by atoms with E-state index in [4.69, 9.17) is 16.3 Å². The highest BCUT2D eigenvalue weighted by Crippen LogP contribution is 2.25. The van der Waals surface area contributed by atoms with Gasteiger partial charge in [0.15, 0.2) is 4.90 Å². The maximum atomic E-state index is 13.7. The Morgan fingerprint density at radius 2 is 1.65 bits per heavy atom. The van der Waals surface area contributed by atoms with E-state index in [2.05, 4.69) is 14.7 Å². The largest absolute Gasteiger partial charge is 0.460 e. The number of halogens is 3. The van der Waals surface area contributed by atoms with Crippen LogP contribution in [0.3, 0.4) is 0 Å². The van der Waals surface area contributed by atoms with E-state index in [1.807, 2.05) is 0 Å². The fourth-order valence-electron chi connectivity index (χ4n) is 2.83. The van der Waals surface area contributed by atoms with E-state index >= 15 is 0 Å². The zero-order chi connectivity index (χ0) is 18.7. The van der Waals surface area contributed by atoms with Gasteiger partial charge in [0.25, 0.3) is 0 Å². The molecular formula is C16H16ClF2N3O3S. The van der Waals surface area contributed by atoms with Gasteiger partial charge in [0.2, 0.25) is 10.0 Å². The monoisotopic (exact) mass is 403 g/mol. The maximum Gasteiger partial charge on any atom is 0.316 e. The summed E-state index contributed by atoms with van der Waals surface area (Å²) in [6, 6.07) is 2.71. The molecule has 0 amide bonds. The number of rotatable bonds is 5. The summed E-state index contributed by atoms with van der Waals surface area (Å²) in [5, 5.41) is 0.399. The molecule has 0 radical (unpaired) electrons. The van der Waals surface area contributed by atoms with Crippen molar-refractivity contribution in [2.45, 2.75) is 42.7 Å². The second-order valence-electron chi connectivity index (χ2n) is 5.95. The van der Waals surface area contributed by atoms with Crippen molar-refractivity contribution >= 4 is 21.6 Å². The number of hydrogen-bond acceptors (Lipinski definition) is 5. The minimum Gasteiger partial charge on any atom is -0.460 e. The lowest BCUT2D eigenvalue weighted by Crippen LogP contribution is -2.40. The molecule has 3 rings (SSSR count). The second kappa shape index (κ2) is 7.81. The molecule has 1 heterocycles. The number of ether oxygens (including phenoxy) is 1. The Kier molecular flexibility index (Phi) is 5.69. The first-order valence-corrected chi connectivity index (χ1v) is 9.82. The van der Waals surface area contributed by atoms with Gasteiger partial charge in [0.1, 0.15) is 17.7 Å². The van der Waals surface area contributed by atoms with Crippen molar-refractivity contribution in [2.24, 2.45) is 0 Å². The first kappa shape index (κ1) is 18.9. The van der Waals surface area contributed by atoms with Crippen LogP contribution in [-0.2, 0) is 10.0 Å². The zero-order valence-electron chi connectivity index (χ0n) is 13.5. The van der Waals surface area contributed by atoms with Crippen LogP contribution in [0.4, 0.5) is 8.78 Å². The predicted molar refractivity (Wildman–Crippen MR) is 90.4 cm³/mol. The van der Waals surface area contributed by atoms with Gasteiger partial charge in [-0.2, -0.15) is 0 Å². The van der Waals surface area contributed by atoms with Crippen LogP contribution in [0.1, 0.15) is 25.7 Å². The molecule has 0 spiro atoms.